The summed E-state index contributed by atoms with van der Waals surface area (Å²) in [4.78, 5) is 155. The molecule has 3 unspecified atom stereocenters. The highest BCUT2D eigenvalue weighted by Crippen LogP contribution is 2.36. The maximum Gasteiger partial charge on any atom is 0.306 e. The van der Waals surface area contributed by atoms with Gasteiger partial charge in [0.15, 0.2) is 52.2 Å². The summed E-state index contributed by atoms with van der Waals surface area (Å²) in [6.45, 7) is 44.1. The quantitative estimate of drug-likeness (QED) is 0.0367. The summed E-state index contributed by atoms with van der Waals surface area (Å²) in [5, 5.41) is 22.9. The molecule has 1 fully saturated rings. The Labute approximate surface area is 591 Å². The van der Waals surface area contributed by atoms with E-state index in [4.69, 9.17) is 19.2 Å². The van der Waals surface area contributed by atoms with E-state index >= 15 is 0 Å². The van der Waals surface area contributed by atoms with Gasteiger partial charge in [-0.2, -0.15) is 10.2 Å². The summed E-state index contributed by atoms with van der Waals surface area (Å²) in [6, 6.07) is 9.75. The van der Waals surface area contributed by atoms with Crippen LogP contribution in [-0.4, -0.2) is 196 Å². The molecule has 0 aromatic heterocycles. The van der Waals surface area contributed by atoms with E-state index in [0.717, 1.165) is 54.1 Å². The third kappa shape index (κ3) is 72.6. The minimum atomic E-state index is -0.596. The standard InChI is InChI=1S/C12H15NO2.C10H18O3.C9H15NO2.C8H14N2O.C8H15NO2.C7H13NO2.C7H12O2.C6H12N2O.C6H10O3/c1-9(2)13-15-12(10(3)14)11-7-5-4-6-8-11;1-8(11)6-5-7-9(12)13-10(2,3)4;1-7(2)10-12-9(8(3)11)5-4-6-9;1-6-4-7(2)10(9-6)5-8(3)11;1-5-8(7(4)10)11-9-6(2)3;1-6(9)4-8(3)5-7(2)10;1-6(8)4-3-5-7(2)9;1-4-7-8(3)5-6(2)9;1-5(7)3-9-4-6(2)8/h4-8,12H,1-3H3;5-7H2,1-4H3;4-6H2,1-3H3;7H,4-5H2,1-3H3;8H,5H2,1-4H3;4-5H2,1-3H3;3-5H2,1-2H3;4H,5H2,1-3H3;3-4H2,1-2H3. The predicted octanol–water partition coefficient (Wildman–Crippen LogP) is 11.7. The van der Waals surface area contributed by atoms with Crippen molar-refractivity contribution in [2.24, 2.45) is 25.7 Å². The van der Waals surface area contributed by atoms with Crippen molar-refractivity contribution in [2.75, 3.05) is 53.5 Å². The number of oxime groups is 3. The Morgan fingerprint density at radius 2 is 1.03 bits per heavy atom. The molecule has 3 atom stereocenters. The fourth-order valence-electron chi connectivity index (χ4n) is 7.43. The van der Waals surface area contributed by atoms with Crippen LogP contribution >= 0.6 is 0 Å². The summed E-state index contributed by atoms with van der Waals surface area (Å²) in [7, 11) is 3.52. The third-order valence-electron chi connectivity index (χ3n) is 11.7. The largest absolute Gasteiger partial charge is 0.460 e. The first-order chi connectivity index (χ1) is 45.6. The molecule has 3 rings (SSSR count). The number of ketones is 12. The number of hydrogen-bond acceptors (Lipinski definition) is 26. The molecular formula is C73H124N8O18. The lowest BCUT2D eigenvalue weighted by Gasteiger charge is -2.36. The van der Waals surface area contributed by atoms with Crippen LogP contribution in [0.3, 0.4) is 0 Å². The van der Waals surface area contributed by atoms with Crippen molar-refractivity contribution in [1.29, 1.82) is 0 Å². The number of benzene rings is 1. The molecule has 1 saturated carbocycles. The van der Waals surface area contributed by atoms with Crippen molar-refractivity contribution < 1.29 is 86.3 Å². The first-order valence-electron chi connectivity index (χ1n) is 33.1. The number of rotatable bonds is 32. The lowest BCUT2D eigenvalue weighted by molar-refractivity contribution is -0.155. The Morgan fingerprint density at radius 3 is 1.33 bits per heavy atom. The first-order valence-corrected chi connectivity index (χ1v) is 33.1. The van der Waals surface area contributed by atoms with Crippen molar-refractivity contribution in [3.63, 3.8) is 0 Å². The topological polar surface area (TPSA) is 340 Å². The number of hydrazone groups is 2. The van der Waals surface area contributed by atoms with Crippen LogP contribution in [-0.2, 0) is 86.3 Å². The van der Waals surface area contributed by atoms with E-state index in [2.05, 4.69) is 37.3 Å². The lowest BCUT2D eigenvalue weighted by atomic mass is 9.77. The zero-order valence-corrected chi connectivity index (χ0v) is 65.1. The number of esters is 1. The van der Waals surface area contributed by atoms with Crippen LogP contribution in [0.5, 0.6) is 0 Å². The number of Topliss-reactive ketones (excluding diaryl/α,β-unsaturated/α-hetero) is 12. The molecule has 26 heteroatoms. The molecule has 99 heavy (non-hydrogen) atoms. The van der Waals surface area contributed by atoms with Crippen molar-refractivity contribution in [3.05, 3.63) is 35.9 Å². The monoisotopic (exact) mass is 1400 g/mol. The lowest BCUT2D eigenvalue weighted by Crippen LogP contribution is -2.45. The molecule has 0 amide bonds. The van der Waals surface area contributed by atoms with Crippen LogP contribution in [0.15, 0.2) is 56.0 Å². The first kappa shape index (κ1) is 102. The SMILES string of the molecule is CC(=O)C(ON=C(C)C)c1ccccc1.CC(=O)C1(ON=C(C)C)CCC1.CC(=O)CCCC(=O)OC(C)(C)C.CC(=O)CCCC(C)=O.CC(=O)CN(C)CC(C)=O.CC(=O)CN1N=C(C)CC1C.CC(=O)COCC(C)=O.CC=NN(C)CC(C)=O.CCC(ON=C(C)C)C(C)=O. The molecule has 1 aromatic rings. The van der Waals surface area contributed by atoms with Gasteiger partial charge in [-0.1, -0.05) is 52.7 Å². The molecular weight excluding hydrogens is 1280 g/mol. The van der Waals surface area contributed by atoms with E-state index in [1.807, 2.05) is 118 Å². The summed E-state index contributed by atoms with van der Waals surface area (Å²) >= 11 is 0. The molecule has 564 valence electrons. The molecule has 0 saturated heterocycles. The molecule has 2 aliphatic rings. The highest BCUT2D eigenvalue weighted by Gasteiger charge is 2.44. The van der Waals surface area contributed by atoms with Crippen LogP contribution < -0.4 is 0 Å². The van der Waals surface area contributed by atoms with Crippen molar-refractivity contribution >= 4 is 104 Å². The Bertz CT molecular complexity index is 2700. The van der Waals surface area contributed by atoms with Crippen LogP contribution in [0, 0.1) is 0 Å². The smallest absolute Gasteiger partial charge is 0.306 e. The molecule has 0 radical (unpaired) electrons. The van der Waals surface area contributed by atoms with Crippen LogP contribution in [0.25, 0.3) is 0 Å². The number of ether oxygens (including phenoxy) is 2. The van der Waals surface area contributed by atoms with Gasteiger partial charge in [0.25, 0.3) is 0 Å². The molecule has 0 N–H and O–H groups in total. The van der Waals surface area contributed by atoms with Gasteiger partial charge in [0.2, 0.25) is 6.10 Å². The molecule has 1 heterocycles. The van der Waals surface area contributed by atoms with Crippen molar-refractivity contribution in [3.8, 4) is 0 Å². The van der Waals surface area contributed by atoms with Gasteiger partial charge in [0, 0.05) is 62.7 Å². The molecule has 1 aliphatic heterocycles. The zero-order chi connectivity index (χ0) is 78.2. The number of carbonyl (C=O) groups is 13. The number of likely N-dealkylation sites (N-methyl/N-ethyl adjacent to an activating group) is 2. The second-order valence-corrected chi connectivity index (χ2v) is 25.7. The Hall–Kier alpha value is -8.00. The van der Waals surface area contributed by atoms with Crippen molar-refractivity contribution in [1.82, 2.24) is 14.9 Å². The van der Waals surface area contributed by atoms with E-state index < -0.39 is 17.3 Å². The van der Waals surface area contributed by atoms with Crippen LogP contribution in [0.1, 0.15) is 255 Å². The van der Waals surface area contributed by atoms with Crippen LogP contribution in [0.4, 0.5) is 0 Å². The number of hydrogen-bond donors (Lipinski definition) is 0. The fourth-order valence-corrected chi connectivity index (χ4v) is 7.43. The maximum atomic E-state index is 11.4. The van der Waals surface area contributed by atoms with Gasteiger partial charge < -0.3 is 38.4 Å². The fraction of sp³-hybridized carbons (Fsp3) is 0.671. The van der Waals surface area contributed by atoms with Crippen LogP contribution in [0.2, 0.25) is 0 Å². The highest BCUT2D eigenvalue weighted by molar-refractivity contribution is 5.87. The average molecular weight is 1400 g/mol. The van der Waals surface area contributed by atoms with Crippen molar-refractivity contribution in [2.45, 2.75) is 273 Å². The van der Waals surface area contributed by atoms with E-state index in [0.29, 0.717) is 77.2 Å². The van der Waals surface area contributed by atoms with E-state index in [1.54, 1.807) is 64.8 Å². The summed E-state index contributed by atoms with van der Waals surface area (Å²) in [6.07, 6.45) is 8.23. The van der Waals surface area contributed by atoms with Gasteiger partial charge in [-0.15, -0.1) is 0 Å². The van der Waals surface area contributed by atoms with E-state index in [9.17, 15) is 62.3 Å². The molecule has 1 aromatic carbocycles. The number of nitrogens with zero attached hydrogens (tertiary/aromatic N) is 8. The Balaban J connectivity index is -0.000000247. The predicted molar refractivity (Wildman–Crippen MR) is 390 cm³/mol. The van der Waals surface area contributed by atoms with Gasteiger partial charge in [-0.05, 0) is 212 Å². The Morgan fingerprint density at radius 1 is 0.596 bits per heavy atom. The number of carbonyl (C=O) groups excluding carboxylic acids is 13. The molecule has 26 nitrogen and oxygen atoms in total. The van der Waals surface area contributed by atoms with Gasteiger partial charge >= 0.3 is 5.97 Å². The highest BCUT2D eigenvalue weighted by atomic mass is 16.7. The summed E-state index contributed by atoms with van der Waals surface area (Å²) in [5.41, 5.74) is 3.42. The molecule has 0 spiro atoms. The van der Waals surface area contributed by atoms with E-state index in [-0.39, 0.29) is 94.7 Å². The van der Waals surface area contributed by atoms with Gasteiger partial charge in [0.05, 0.1) is 43.3 Å². The minimum Gasteiger partial charge on any atom is -0.460 e. The van der Waals surface area contributed by atoms with Gasteiger partial charge in [-0.3, -0.25) is 62.9 Å². The maximum absolute atomic E-state index is 11.4. The van der Waals surface area contributed by atoms with Gasteiger partial charge in [0.1, 0.15) is 47.7 Å². The third-order valence-corrected chi connectivity index (χ3v) is 11.7. The summed E-state index contributed by atoms with van der Waals surface area (Å²) in [5.74, 6) is 0.644. The molecule has 1 aliphatic carbocycles. The Kier molecular flexibility index (Phi) is 61.8. The summed E-state index contributed by atoms with van der Waals surface area (Å²) < 4.78 is 9.73. The second-order valence-electron chi connectivity index (χ2n) is 25.7. The second kappa shape index (κ2) is 60.0. The normalized spacial score (nSPS) is 13.1. The zero-order valence-electron chi connectivity index (χ0n) is 65.1. The average Bonchev–Trinajstić information content (AvgIpc) is 1.33. The van der Waals surface area contributed by atoms with E-state index in [1.165, 1.54) is 48.5 Å². The molecule has 0 bridgehead atoms. The van der Waals surface area contributed by atoms with Gasteiger partial charge in [-0.25, -0.2) is 0 Å². The minimum absolute atomic E-state index is 0.0255.